The van der Waals surface area contributed by atoms with Gasteiger partial charge in [-0.05, 0) is 122 Å². The second-order valence-electron chi connectivity index (χ2n) is 17.7. The zero-order valence-electron chi connectivity index (χ0n) is 42.9. The minimum atomic E-state index is -0.809. The summed E-state index contributed by atoms with van der Waals surface area (Å²) in [5.41, 5.74) is 0. The molecule has 0 amide bonds. The van der Waals surface area contributed by atoms with Crippen LogP contribution in [0, 0.1) is 0 Å². The van der Waals surface area contributed by atoms with Gasteiger partial charge >= 0.3 is 17.9 Å². The molecule has 0 radical (unpaired) electrons. The number of carbonyl (C=O) groups excluding carboxylic acids is 3. The maximum absolute atomic E-state index is 12.8. The molecule has 0 aliphatic rings. The number of hydrogen-bond donors (Lipinski definition) is 0. The number of allylic oxidation sites excluding steroid dienone is 16. The second-order valence-corrected chi connectivity index (χ2v) is 17.7. The second kappa shape index (κ2) is 53.9. The highest BCUT2D eigenvalue weighted by Gasteiger charge is 2.19. The van der Waals surface area contributed by atoms with Crippen molar-refractivity contribution >= 4 is 17.9 Å². The van der Waals surface area contributed by atoms with E-state index in [-0.39, 0.29) is 37.5 Å². The molecular weight excluding hydrogens is 817 g/mol. The molecule has 0 aliphatic heterocycles. The number of ether oxygens (including phenoxy) is 3. The molecule has 1 atom stereocenters. The van der Waals surface area contributed by atoms with E-state index < -0.39 is 6.10 Å². The first-order valence-corrected chi connectivity index (χ1v) is 27.2. The van der Waals surface area contributed by atoms with E-state index in [1.54, 1.807) is 0 Å². The van der Waals surface area contributed by atoms with E-state index in [0.717, 1.165) is 116 Å². The van der Waals surface area contributed by atoms with Gasteiger partial charge in [0.1, 0.15) is 13.2 Å². The van der Waals surface area contributed by atoms with Crippen molar-refractivity contribution in [2.24, 2.45) is 0 Å². The van der Waals surface area contributed by atoms with E-state index in [9.17, 15) is 14.4 Å². The van der Waals surface area contributed by atoms with Crippen molar-refractivity contribution in [2.45, 2.75) is 252 Å². The van der Waals surface area contributed by atoms with E-state index in [2.05, 4.69) is 118 Å². The molecule has 0 unspecified atom stereocenters. The molecule has 0 heterocycles. The quantitative estimate of drug-likeness (QED) is 0.0262. The first kappa shape index (κ1) is 62.3. The van der Waals surface area contributed by atoms with E-state index in [1.165, 1.54) is 83.5 Å². The number of esters is 3. The Hall–Kier alpha value is -3.67. The van der Waals surface area contributed by atoms with Gasteiger partial charge in [-0.3, -0.25) is 14.4 Å². The molecule has 66 heavy (non-hydrogen) atoms. The van der Waals surface area contributed by atoms with Crippen LogP contribution in [0.25, 0.3) is 0 Å². The van der Waals surface area contributed by atoms with Gasteiger partial charge in [0.05, 0.1) is 0 Å². The van der Waals surface area contributed by atoms with Gasteiger partial charge in [0, 0.05) is 19.3 Å². The van der Waals surface area contributed by atoms with Crippen molar-refractivity contribution < 1.29 is 28.6 Å². The van der Waals surface area contributed by atoms with Crippen molar-refractivity contribution in [2.75, 3.05) is 13.2 Å². The maximum Gasteiger partial charge on any atom is 0.306 e. The van der Waals surface area contributed by atoms with Crippen LogP contribution in [0.15, 0.2) is 97.2 Å². The van der Waals surface area contributed by atoms with E-state index in [0.29, 0.717) is 19.3 Å². The Balaban J connectivity index is 4.48. The summed E-state index contributed by atoms with van der Waals surface area (Å²) < 4.78 is 16.8. The van der Waals surface area contributed by atoms with E-state index in [1.807, 2.05) is 0 Å². The summed E-state index contributed by atoms with van der Waals surface area (Å²) in [4.78, 5) is 38.1. The molecular formula is C60H100O6. The Morgan fingerprint density at radius 3 is 1.00 bits per heavy atom. The largest absolute Gasteiger partial charge is 0.462 e. The zero-order chi connectivity index (χ0) is 47.9. The standard InChI is InChI=1S/C60H100O6/c1-4-7-10-13-16-19-22-25-28-29-30-31-33-35-38-41-44-47-50-53-59(62)65-56-57(55-64-58(61)52-49-46-43-40-37-34-27-24-21-18-15-12-9-6-3)66-60(63)54-51-48-45-42-39-36-32-26-23-20-17-14-11-8-5-2/h8,11,16-17,19-20,24-28,30-32,39,42,57H,4-7,9-10,12-15,18,21-23,29,33-38,40-41,43-56H2,1-3H3/b11-8-,19-16-,20-17-,27-24-,28-25-,31-30-,32-26-,42-39-/t57-/m1/s1. The number of rotatable bonds is 48. The van der Waals surface area contributed by atoms with Crippen LogP contribution in [0.3, 0.4) is 0 Å². The summed E-state index contributed by atoms with van der Waals surface area (Å²) in [5.74, 6) is -0.967. The SMILES string of the molecule is CC/C=C\C/C=C\C/C=C\C/C=C\CCCCC(=O)O[C@H](COC(=O)CCCCCCC/C=C\CCCCCCC)COC(=O)CCCCCCCC/C=C\C/C=C\C/C=C\CCCCC. The molecule has 376 valence electrons. The maximum atomic E-state index is 12.8. The van der Waals surface area contributed by atoms with Gasteiger partial charge in [-0.2, -0.15) is 0 Å². The first-order chi connectivity index (χ1) is 32.5. The lowest BCUT2D eigenvalue weighted by Gasteiger charge is -2.18. The van der Waals surface area contributed by atoms with Gasteiger partial charge in [-0.1, -0.05) is 201 Å². The summed E-state index contributed by atoms with van der Waals surface area (Å²) in [5, 5.41) is 0. The van der Waals surface area contributed by atoms with Crippen LogP contribution in [-0.2, 0) is 28.6 Å². The highest BCUT2D eigenvalue weighted by Crippen LogP contribution is 2.13. The van der Waals surface area contributed by atoms with Gasteiger partial charge in [0.25, 0.3) is 0 Å². The molecule has 0 bridgehead atoms. The number of unbranched alkanes of at least 4 members (excludes halogenated alkanes) is 21. The van der Waals surface area contributed by atoms with Crippen molar-refractivity contribution in [3.05, 3.63) is 97.2 Å². The Kier molecular flexibility index (Phi) is 50.9. The van der Waals surface area contributed by atoms with Crippen LogP contribution >= 0.6 is 0 Å². The predicted molar refractivity (Wildman–Crippen MR) is 284 cm³/mol. The van der Waals surface area contributed by atoms with Crippen LogP contribution in [0.4, 0.5) is 0 Å². The molecule has 0 aliphatic carbocycles. The Labute approximate surface area is 407 Å². The molecule has 0 saturated heterocycles. The molecule has 0 saturated carbocycles. The first-order valence-electron chi connectivity index (χ1n) is 27.2. The summed E-state index contributed by atoms with van der Waals surface area (Å²) in [6.45, 7) is 6.43. The average molecular weight is 917 g/mol. The fourth-order valence-electron chi connectivity index (χ4n) is 7.20. The average Bonchev–Trinajstić information content (AvgIpc) is 3.31. The molecule has 0 aromatic rings. The third-order valence-electron chi connectivity index (χ3n) is 11.3. The van der Waals surface area contributed by atoms with Gasteiger partial charge in [-0.25, -0.2) is 0 Å². The van der Waals surface area contributed by atoms with Crippen molar-refractivity contribution in [3.8, 4) is 0 Å². The van der Waals surface area contributed by atoms with Crippen LogP contribution in [-0.4, -0.2) is 37.2 Å². The topological polar surface area (TPSA) is 78.9 Å². The van der Waals surface area contributed by atoms with Crippen molar-refractivity contribution in [1.29, 1.82) is 0 Å². The molecule has 0 N–H and O–H groups in total. The summed E-state index contributed by atoms with van der Waals surface area (Å²) in [6, 6.07) is 0. The lowest BCUT2D eigenvalue weighted by Crippen LogP contribution is -2.30. The minimum Gasteiger partial charge on any atom is -0.462 e. The van der Waals surface area contributed by atoms with Crippen LogP contribution in [0.5, 0.6) is 0 Å². The zero-order valence-corrected chi connectivity index (χ0v) is 42.9. The Morgan fingerprint density at radius 1 is 0.318 bits per heavy atom. The minimum absolute atomic E-state index is 0.104. The fraction of sp³-hybridized carbons (Fsp3) is 0.683. The highest BCUT2D eigenvalue weighted by atomic mass is 16.6. The van der Waals surface area contributed by atoms with E-state index >= 15 is 0 Å². The van der Waals surface area contributed by atoms with Crippen molar-refractivity contribution in [3.63, 3.8) is 0 Å². The third kappa shape index (κ3) is 51.3. The molecule has 0 fully saturated rings. The van der Waals surface area contributed by atoms with Gasteiger partial charge in [0.2, 0.25) is 0 Å². The summed E-state index contributed by atoms with van der Waals surface area (Å²) in [7, 11) is 0. The highest BCUT2D eigenvalue weighted by molar-refractivity contribution is 5.71. The fourth-order valence-corrected chi connectivity index (χ4v) is 7.20. The van der Waals surface area contributed by atoms with Crippen LogP contribution in [0.2, 0.25) is 0 Å². The Morgan fingerprint density at radius 2 is 0.591 bits per heavy atom. The molecule has 6 nitrogen and oxygen atoms in total. The molecule has 0 spiro atoms. The van der Waals surface area contributed by atoms with E-state index in [4.69, 9.17) is 14.2 Å². The van der Waals surface area contributed by atoms with Crippen LogP contribution < -0.4 is 0 Å². The smallest absolute Gasteiger partial charge is 0.306 e. The van der Waals surface area contributed by atoms with Gasteiger partial charge in [0.15, 0.2) is 6.10 Å². The lowest BCUT2D eigenvalue weighted by molar-refractivity contribution is -0.167. The van der Waals surface area contributed by atoms with Crippen LogP contribution in [0.1, 0.15) is 245 Å². The lowest BCUT2D eigenvalue weighted by atomic mass is 10.1. The molecule has 0 aromatic carbocycles. The van der Waals surface area contributed by atoms with Crippen molar-refractivity contribution in [1.82, 2.24) is 0 Å². The monoisotopic (exact) mass is 917 g/mol. The Bertz CT molecular complexity index is 1330. The van der Waals surface area contributed by atoms with Gasteiger partial charge < -0.3 is 14.2 Å². The number of hydrogen-bond acceptors (Lipinski definition) is 6. The molecule has 6 heteroatoms. The third-order valence-corrected chi connectivity index (χ3v) is 11.3. The molecule has 0 rings (SSSR count). The summed E-state index contributed by atoms with van der Waals surface area (Å²) >= 11 is 0. The summed E-state index contributed by atoms with van der Waals surface area (Å²) in [6.07, 6.45) is 71.0. The predicted octanol–water partition coefficient (Wildman–Crippen LogP) is 18.1. The molecule has 0 aromatic heterocycles. The normalized spacial score (nSPS) is 12.8. The van der Waals surface area contributed by atoms with Gasteiger partial charge in [-0.15, -0.1) is 0 Å². The number of carbonyl (C=O) groups is 3.